The van der Waals surface area contributed by atoms with Gasteiger partial charge >= 0.3 is 0 Å². The number of rotatable bonds is 6. The van der Waals surface area contributed by atoms with E-state index in [1.807, 2.05) is 17.9 Å². The van der Waals surface area contributed by atoms with Gasteiger partial charge in [-0.1, -0.05) is 19.1 Å². The van der Waals surface area contributed by atoms with Crippen molar-refractivity contribution in [3.8, 4) is 6.07 Å². The first kappa shape index (κ1) is 15.2. The van der Waals surface area contributed by atoms with Crippen molar-refractivity contribution < 1.29 is 5.11 Å². The van der Waals surface area contributed by atoms with E-state index in [0.29, 0.717) is 18.7 Å². The third kappa shape index (κ3) is 3.91. The lowest BCUT2D eigenvalue weighted by Crippen LogP contribution is -2.21. The van der Waals surface area contributed by atoms with Crippen LogP contribution in [0.25, 0.3) is 0 Å². The number of hydrogen-bond donors (Lipinski definition) is 2. The van der Waals surface area contributed by atoms with Crippen LogP contribution in [0.15, 0.2) is 30.5 Å². The highest BCUT2D eigenvalue weighted by molar-refractivity contribution is 5.32. The maximum Gasteiger partial charge on any atom is 0.0991 e. The van der Waals surface area contributed by atoms with Crippen LogP contribution >= 0.6 is 0 Å². The standard InChI is InChI=1S/C16H20N4O/c1-3-15-14(11-20(2)19-15)9-18-10-16(21)13-6-4-12(8-17)5-7-13/h4-7,11,16,18,21H,3,9-10H2,1-2H3. The molecule has 1 aromatic carbocycles. The fourth-order valence-corrected chi connectivity index (χ4v) is 2.27. The van der Waals surface area contributed by atoms with Crippen LogP contribution in [0.4, 0.5) is 0 Å². The van der Waals surface area contributed by atoms with Crippen molar-refractivity contribution in [3.63, 3.8) is 0 Å². The summed E-state index contributed by atoms with van der Waals surface area (Å²) in [5.74, 6) is 0. The summed E-state index contributed by atoms with van der Waals surface area (Å²) in [5.41, 5.74) is 3.65. The minimum absolute atomic E-state index is 0.462. The molecule has 2 aromatic rings. The highest BCUT2D eigenvalue weighted by atomic mass is 16.3. The van der Waals surface area contributed by atoms with Crippen LogP contribution in [0.3, 0.4) is 0 Å². The van der Waals surface area contributed by atoms with Gasteiger partial charge in [0.15, 0.2) is 0 Å². The van der Waals surface area contributed by atoms with Crippen LogP contribution in [0.2, 0.25) is 0 Å². The van der Waals surface area contributed by atoms with Crippen LogP contribution < -0.4 is 5.32 Å². The Hall–Kier alpha value is -2.16. The lowest BCUT2D eigenvalue weighted by atomic mass is 10.1. The molecule has 0 aliphatic heterocycles. The lowest BCUT2D eigenvalue weighted by molar-refractivity contribution is 0.174. The molecule has 0 spiro atoms. The number of nitriles is 1. The molecule has 0 radical (unpaired) electrons. The second kappa shape index (κ2) is 7.02. The second-order valence-corrected chi connectivity index (χ2v) is 5.01. The molecule has 1 unspecified atom stereocenters. The predicted octanol–water partition coefficient (Wildman–Crippen LogP) is 1.68. The van der Waals surface area contributed by atoms with E-state index in [0.717, 1.165) is 23.2 Å². The molecule has 0 saturated carbocycles. The molecular formula is C16H20N4O. The fourth-order valence-electron chi connectivity index (χ4n) is 2.27. The summed E-state index contributed by atoms with van der Waals surface area (Å²) >= 11 is 0. The molecule has 21 heavy (non-hydrogen) atoms. The Morgan fingerprint density at radius 2 is 2.10 bits per heavy atom. The fraction of sp³-hybridized carbons (Fsp3) is 0.375. The van der Waals surface area contributed by atoms with Crippen LogP contribution in [0, 0.1) is 11.3 Å². The van der Waals surface area contributed by atoms with Crippen molar-refractivity contribution in [1.82, 2.24) is 15.1 Å². The summed E-state index contributed by atoms with van der Waals surface area (Å²) in [7, 11) is 1.91. The number of aryl methyl sites for hydroxylation is 2. The Kier molecular flexibility index (Phi) is 5.09. The zero-order valence-electron chi connectivity index (χ0n) is 12.4. The van der Waals surface area contributed by atoms with Gasteiger partial charge in [0.1, 0.15) is 0 Å². The largest absolute Gasteiger partial charge is 0.387 e. The monoisotopic (exact) mass is 284 g/mol. The minimum atomic E-state index is -0.584. The third-order valence-corrected chi connectivity index (χ3v) is 3.40. The maximum absolute atomic E-state index is 10.1. The SMILES string of the molecule is CCc1nn(C)cc1CNCC(O)c1ccc(C#N)cc1. The van der Waals surface area contributed by atoms with Crippen LogP contribution in [0.1, 0.15) is 35.4 Å². The highest BCUT2D eigenvalue weighted by Gasteiger charge is 2.09. The predicted molar refractivity (Wildman–Crippen MR) is 80.4 cm³/mol. The number of nitrogens with zero attached hydrogens (tertiary/aromatic N) is 3. The van der Waals surface area contributed by atoms with Gasteiger partial charge in [-0.3, -0.25) is 4.68 Å². The quantitative estimate of drug-likeness (QED) is 0.846. The van der Waals surface area contributed by atoms with E-state index < -0.39 is 6.10 Å². The van der Waals surface area contributed by atoms with Gasteiger partial charge in [0, 0.05) is 31.9 Å². The van der Waals surface area contributed by atoms with Crippen LogP contribution in [-0.4, -0.2) is 21.4 Å². The van der Waals surface area contributed by atoms with E-state index in [1.165, 1.54) is 0 Å². The Morgan fingerprint density at radius 3 is 2.71 bits per heavy atom. The molecule has 1 atom stereocenters. The molecule has 0 aliphatic rings. The molecule has 0 fully saturated rings. The number of aliphatic hydroxyl groups is 1. The van der Waals surface area contributed by atoms with Gasteiger partial charge in [0.25, 0.3) is 0 Å². The van der Waals surface area contributed by atoms with Gasteiger partial charge in [-0.05, 0) is 24.1 Å². The summed E-state index contributed by atoms with van der Waals surface area (Å²) in [6, 6.07) is 9.07. The van der Waals surface area contributed by atoms with Crippen LogP contribution in [0.5, 0.6) is 0 Å². The van der Waals surface area contributed by atoms with Crippen molar-refractivity contribution in [2.24, 2.45) is 7.05 Å². The summed E-state index contributed by atoms with van der Waals surface area (Å²) in [6.45, 7) is 3.23. The molecular weight excluding hydrogens is 264 g/mol. The normalized spacial score (nSPS) is 12.1. The minimum Gasteiger partial charge on any atom is -0.387 e. The molecule has 5 nitrogen and oxygen atoms in total. The molecule has 0 aliphatic carbocycles. The molecule has 1 aromatic heterocycles. The smallest absolute Gasteiger partial charge is 0.0991 e. The maximum atomic E-state index is 10.1. The third-order valence-electron chi connectivity index (χ3n) is 3.40. The van der Waals surface area contributed by atoms with Crippen molar-refractivity contribution in [3.05, 3.63) is 52.8 Å². The first-order valence-electron chi connectivity index (χ1n) is 7.04. The van der Waals surface area contributed by atoms with Gasteiger partial charge < -0.3 is 10.4 Å². The number of aromatic nitrogens is 2. The number of hydrogen-bond acceptors (Lipinski definition) is 4. The van der Waals surface area contributed by atoms with Crippen molar-refractivity contribution in [1.29, 1.82) is 5.26 Å². The van der Waals surface area contributed by atoms with E-state index in [2.05, 4.69) is 23.4 Å². The van der Waals surface area contributed by atoms with E-state index in [4.69, 9.17) is 5.26 Å². The van der Waals surface area contributed by atoms with Gasteiger partial charge in [0.2, 0.25) is 0 Å². The summed E-state index contributed by atoms with van der Waals surface area (Å²) in [6.07, 6.45) is 2.31. The number of aliphatic hydroxyl groups excluding tert-OH is 1. The average molecular weight is 284 g/mol. The van der Waals surface area contributed by atoms with E-state index in [-0.39, 0.29) is 0 Å². The number of benzene rings is 1. The molecule has 0 bridgehead atoms. The molecule has 0 saturated heterocycles. The molecule has 0 amide bonds. The first-order chi connectivity index (χ1) is 10.1. The van der Waals surface area contributed by atoms with Gasteiger partial charge in [-0.2, -0.15) is 10.4 Å². The summed E-state index contributed by atoms with van der Waals surface area (Å²) in [4.78, 5) is 0. The summed E-state index contributed by atoms with van der Waals surface area (Å²) < 4.78 is 1.81. The van der Waals surface area contributed by atoms with Gasteiger partial charge in [0.05, 0.1) is 23.4 Å². The summed E-state index contributed by atoms with van der Waals surface area (Å²) in [5, 5.41) is 26.5. The second-order valence-electron chi connectivity index (χ2n) is 5.01. The molecule has 5 heteroatoms. The zero-order valence-corrected chi connectivity index (χ0v) is 12.4. The molecule has 2 rings (SSSR count). The molecule has 2 N–H and O–H groups in total. The lowest BCUT2D eigenvalue weighted by Gasteiger charge is -2.12. The zero-order chi connectivity index (χ0) is 15.2. The molecule has 110 valence electrons. The van der Waals surface area contributed by atoms with E-state index in [9.17, 15) is 5.11 Å². The van der Waals surface area contributed by atoms with Crippen molar-refractivity contribution in [2.75, 3.05) is 6.54 Å². The topological polar surface area (TPSA) is 73.9 Å². The Morgan fingerprint density at radius 1 is 1.38 bits per heavy atom. The highest BCUT2D eigenvalue weighted by Crippen LogP contribution is 2.13. The van der Waals surface area contributed by atoms with E-state index >= 15 is 0 Å². The molecule has 1 heterocycles. The Bertz CT molecular complexity index is 625. The Labute approximate surface area is 124 Å². The Balaban J connectivity index is 1.88. The first-order valence-corrected chi connectivity index (χ1v) is 7.04. The van der Waals surface area contributed by atoms with Gasteiger partial charge in [-0.25, -0.2) is 0 Å². The average Bonchev–Trinajstić information content (AvgIpc) is 2.87. The van der Waals surface area contributed by atoms with Crippen molar-refractivity contribution in [2.45, 2.75) is 26.0 Å². The number of nitrogens with one attached hydrogen (secondary N) is 1. The van der Waals surface area contributed by atoms with Crippen molar-refractivity contribution >= 4 is 0 Å². The van der Waals surface area contributed by atoms with Crippen LogP contribution in [-0.2, 0) is 20.0 Å². The van der Waals surface area contributed by atoms with E-state index in [1.54, 1.807) is 24.3 Å². The van der Waals surface area contributed by atoms with Gasteiger partial charge in [-0.15, -0.1) is 0 Å².